The van der Waals surface area contributed by atoms with Gasteiger partial charge in [0.1, 0.15) is 11.6 Å². The first-order valence-corrected chi connectivity index (χ1v) is 8.31. The van der Waals surface area contributed by atoms with E-state index in [1.807, 2.05) is 31.2 Å². The van der Waals surface area contributed by atoms with Crippen LogP contribution in [0.15, 0.2) is 40.5 Å². The third-order valence-electron chi connectivity index (χ3n) is 4.79. The summed E-state index contributed by atoms with van der Waals surface area (Å²) in [6.07, 6.45) is 0.892. The lowest BCUT2D eigenvalue weighted by Gasteiger charge is -2.23. The Kier molecular flexibility index (Phi) is 3.55. The van der Waals surface area contributed by atoms with Gasteiger partial charge in [-0.15, -0.1) is 5.10 Å². The molecule has 0 spiro atoms. The third kappa shape index (κ3) is 2.27. The number of nitriles is 1. The zero-order valence-electron chi connectivity index (χ0n) is 14.4. The van der Waals surface area contributed by atoms with Gasteiger partial charge in [-0.2, -0.15) is 5.26 Å². The number of nitrogens with one attached hydrogen (secondary N) is 2. The Morgan fingerprint density at radius 2 is 2.19 bits per heavy atom. The van der Waals surface area contributed by atoms with E-state index in [9.17, 15) is 10.1 Å². The van der Waals surface area contributed by atoms with Gasteiger partial charge in [0.25, 0.3) is 5.56 Å². The number of aryl methyl sites for hydroxylation is 2. The summed E-state index contributed by atoms with van der Waals surface area (Å²) in [5.41, 5.74) is 9.61. The van der Waals surface area contributed by atoms with Crippen LogP contribution in [0.1, 0.15) is 35.2 Å². The molecular weight excluding hydrogens is 330 g/mol. The van der Waals surface area contributed by atoms with Gasteiger partial charge in [0.15, 0.2) is 0 Å². The molecule has 0 saturated heterocycles. The largest absolute Gasteiger partial charge is 0.420 e. The molecule has 2 aromatic heterocycles. The van der Waals surface area contributed by atoms with Gasteiger partial charge in [0, 0.05) is 22.3 Å². The fourth-order valence-corrected chi connectivity index (χ4v) is 3.42. The third-order valence-corrected chi connectivity index (χ3v) is 4.79. The quantitative estimate of drug-likeness (QED) is 0.657. The minimum absolute atomic E-state index is 0.0293. The molecule has 0 aliphatic carbocycles. The number of pyridine rings is 1. The Morgan fingerprint density at radius 3 is 2.92 bits per heavy atom. The van der Waals surface area contributed by atoms with Crippen LogP contribution >= 0.6 is 0 Å². The van der Waals surface area contributed by atoms with Crippen molar-refractivity contribution in [1.82, 2.24) is 15.2 Å². The van der Waals surface area contributed by atoms with E-state index in [2.05, 4.69) is 28.2 Å². The summed E-state index contributed by atoms with van der Waals surface area (Å²) in [6, 6.07) is 9.84. The lowest BCUT2D eigenvalue weighted by molar-refractivity contribution is 0.378. The van der Waals surface area contributed by atoms with E-state index in [0.29, 0.717) is 17.0 Å². The highest BCUT2D eigenvalue weighted by Gasteiger charge is 2.35. The first-order valence-electron chi connectivity index (χ1n) is 8.31. The normalized spacial score (nSPS) is 16.3. The Balaban J connectivity index is 2.01. The van der Waals surface area contributed by atoms with Crippen LogP contribution in [0.2, 0.25) is 0 Å². The van der Waals surface area contributed by atoms with Gasteiger partial charge in [0.2, 0.25) is 11.8 Å². The Labute approximate surface area is 149 Å². The van der Waals surface area contributed by atoms with Crippen molar-refractivity contribution in [2.75, 3.05) is 0 Å². The summed E-state index contributed by atoms with van der Waals surface area (Å²) in [4.78, 5) is 15.7. The Bertz CT molecular complexity index is 1160. The number of benzene rings is 1. The number of hydrogen-bond acceptors (Lipinski definition) is 5. The van der Waals surface area contributed by atoms with Crippen molar-refractivity contribution in [2.24, 2.45) is 5.73 Å². The van der Waals surface area contributed by atoms with Crippen molar-refractivity contribution in [1.29, 1.82) is 5.26 Å². The van der Waals surface area contributed by atoms with E-state index in [0.717, 1.165) is 23.0 Å². The van der Waals surface area contributed by atoms with Crippen molar-refractivity contribution >= 4 is 10.9 Å². The Hall–Kier alpha value is -3.53. The maximum absolute atomic E-state index is 12.8. The number of H-pyrrole nitrogens is 2. The summed E-state index contributed by atoms with van der Waals surface area (Å²) in [5.74, 6) is -0.356. The molecule has 7 heteroatoms. The topological polar surface area (TPSA) is 121 Å². The highest BCUT2D eigenvalue weighted by molar-refractivity contribution is 5.80. The second kappa shape index (κ2) is 5.77. The second-order valence-corrected chi connectivity index (χ2v) is 6.32. The summed E-state index contributed by atoms with van der Waals surface area (Å²) in [6.45, 7) is 3.90. The highest BCUT2D eigenvalue weighted by Crippen LogP contribution is 2.41. The molecule has 0 fully saturated rings. The average Bonchev–Trinajstić information content (AvgIpc) is 3.00. The molecule has 3 heterocycles. The van der Waals surface area contributed by atoms with E-state index < -0.39 is 5.92 Å². The van der Waals surface area contributed by atoms with Crippen molar-refractivity contribution in [3.8, 4) is 11.9 Å². The van der Waals surface area contributed by atoms with E-state index in [1.165, 1.54) is 5.56 Å². The van der Waals surface area contributed by atoms with Gasteiger partial charge in [-0.05, 0) is 42.5 Å². The molecule has 0 bridgehead atoms. The number of rotatable bonds is 2. The number of aromatic nitrogens is 3. The zero-order valence-corrected chi connectivity index (χ0v) is 14.4. The number of allylic oxidation sites excluding steroid dienone is 1. The number of nitrogens with zero attached hydrogens (tertiary/aromatic N) is 2. The summed E-state index contributed by atoms with van der Waals surface area (Å²) < 4.78 is 5.45. The minimum Gasteiger partial charge on any atom is -0.420 e. The second-order valence-electron chi connectivity index (χ2n) is 6.32. The van der Waals surface area contributed by atoms with Crippen molar-refractivity contribution in [3.63, 3.8) is 0 Å². The number of ether oxygens (including phenoxy) is 1. The standard InChI is InChI=1S/C19H17N5O2/c1-3-10-4-5-14-11(6-10)7-12(18(25)22-14)16-13(8-20)17(21)26-19-15(16)9(2)23-24-19/h4-7,16H,3,21H2,1-2H3,(H,22,25)(H,23,24). The number of nitrogens with two attached hydrogens (primary N) is 1. The zero-order chi connectivity index (χ0) is 18.4. The number of aromatic amines is 2. The minimum atomic E-state index is -0.624. The van der Waals surface area contributed by atoms with Gasteiger partial charge in [0.05, 0.1) is 5.92 Å². The molecule has 1 aliphatic rings. The molecule has 26 heavy (non-hydrogen) atoms. The molecule has 4 N–H and O–H groups in total. The maximum Gasteiger partial charge on any atom is 0.252 e. The highest BCUT2D eigenvalue weighted by atomic mass is 16.5. The summed E-state index contributed by atoms with van der Waals surface area (Å²) in [7, 11) is 0. The van der Waals surface area contributed by atoms with Gasteiger partial charge in [-0.3, -0.25) is 9.89 Å². The van der Waals surface area contributed by atoms with Gasteiger partial charge in [-0.1, -0.05) is 13.0 Å². The molecule has 130 valence electrons. The smallest absolute Gasteiger partial charge is 0.252 e. The first-order chi connectivity index (χ1) is 12.5. The molecule has 7 nitrogen and oxygen atoms in total. The van der Waals surface area contributed by atoms with Gasteiger partial charge < -0.3 is 15.5 Å². The molecule has 1 aliphatic heterocycles. The summed E-state index contributed by atoms with van der Waals surface area (Å²) >= 11 is 0. The molecular formula is C19H17N5O2. The molecule has 0 radical (unpaired) electrons. The van der Waals surface area contributed by atoms with Gasteiger partial charge in [-0.25, -0.2) is 0 Å². The van der Waals surface area contributed by atoms with E-state index >= 15 is 0 Å². The molecule has 4 rings (SSSR count). The van der Waals surface area contributed by atoms with E-state index in [1.54, 1.807) is 0 Å². The van der Waals surface area contributed by atoms with E-state index in [4.69, 9.17) is 10.5 Å². The molecule has 3 aromatic rings. The molecule has 1 atom stereocenters. The van der Waals surface area contributed by atoms with Crippen LogP contribution in [-0.4, -0.2) is 15.2 Å². The van der Waals surface area contributed by atoms with Crippen molar-refractivity contribution in [3.05, 3.63) is 68.5 Å². The fraction of sp³-hybridized carbons (Fsp3) is 0.211. The van der Waals surface area contributed by atoms with Crippen LogP contribution in [0.4, 0.5) is 0 Å². The van der Waals surface area contributed by atoms with Crippen LogP contribution in [0, 0.1) is 18.3 Å². The van der Waals surface area contributed by atoms with Crippen LogP contribution in [0.5, 0.6) is 5.88 Å². The molecule has 0 amide bonds. The molecule has 1 unspecified atom stereocenters. The maximum atomic E-state index is 12.8. The monoisotopic (exact) mass is 347 g/mol. The lowest BCUT2D eigenvalue weighted by Crippen LogP contribution is -2.25. The van der Waals surface area contributed by atoms with Crippen LogP contribution < -0.4 is 16.0 Å². The van der Waals surface area contributed by atoms with Crippen LogP contribution in [0.3, 0.4) is 0 Å². The van der Waals surface area contributed by atoms with E-state index in [-0.39, 0.29) is 17.0 Å². The Morgan fingerprint density at radius 1 is 1.38 bits per heavy atom. The molecule has 1 aromatic carbocycles. The summed E-state index contributed by atoms with van der Waals surface area (Å²) in [5, 5.41) is 17.5. The van der Waals surface area contributed by atoms with Crippen LogP contribution in [-0.2, 0) is 6.42 Å². The average molecular weight is 347 g/mol. The van der Waals surface area contributed by atoms with Crippen LogP contribution in [0.25, 0.3) is 10.9 Å². The predicted molar refractivity (Wildman–Crippen MR) is 96.6 cm³/mol. The number of hydrogen-bond donors (Lipinski definition) is 3. The predicted octanol–water partition coefficient (Wildman–Crippen LogP) is 2.34. The number of fused-ring (bicyclic) bond motifs is 2. The lowest BCUT2D eigenvalue weighted by atomic mass is 9.84. The fourth-order valence-electron chi connectivity index (χ4n) is 3.42. The van der Waals surface area contributed by atoms with Crippen molar-refractivity contribution in [2.45, 2.75) is 26.2 Å². The molecule has 0 saturated carbocycles. The first kappa shape index (κ1) is 16.0. The SMILES string of the molecule is CCc1ccc2[nH]c(=O)c(C3C(C#N)=C(N)Oc4n[nH]c(C)c43)cc2c1. The van der Waals surface area contributed by atoms with Crippen molar-refractivity contribution < 1.29 is 4.74 Å². The van der Waals surface area contributed by atoms with Gasteiger partial charge >= 0.3 is 0 Å².